The topological polar surface area (TPSA) is 49.3 Å². The number of halogens is 7. The normalized spacial score (nSPS) is 12.6. The van der Waals surface area contributed by atoms with Crippen molar-refractivity contribution in [2.45, 2.75) is 18.5 Å². The number of alkyl halides is 7. The van der Waals surface area contributed by atoms with E-state index in [4.69, 9.17) is 5.11 Å². The predicted molar refractivity (Wildman–Crippen MR) is 57.8 cm³/mol. The quantitative estimate of drug-likeness (QED) is 0.813. The van der Waals surface area contributed by atoms with E-state index in [2.05, 4.69) is 0 Å². The van der Waals surface area contributed by atoms with Crippen molar-refractivity contribution in [1.29, 1.82) is 0 Å². The molecule has 3 nitrogen and oxygen atoms in total. The maximum absolute atomic E-state index is 12.7. The molecule has 0 aliphatic heterocycles. The Bertz CT molecular complexity index is 528. The van der Waals surface area contributed by atoms with Crippen LogP contribution in [0, 0.1) is 0 Å². The Kier molecular flexibility index (Phi) is 4.69. The molecule has 0 atom stereocenters. The second-order valence-corrected chi connectivity index (χ2v) is 3.98. The monoisotopic (exact) mass is 319 g/mol. The smallest absolute Gasteiger partial charge is 0.417 e. The predicted octanol–water partition coefficient (Wildman–Crippen LogP) is 3.72. The second kappa shape index (κ2) is 5.78. The molecule has 0 aromatic heterocycles. The number of rotatable bonds is 5. The van der Waals surface area contributed by atoms with Gasteiger partial charge in [0.15, 0.2) is 0 Å². The van der Waals surface area contributed by atoms with Crippen LogP contribution < -0.4 is 5.32 Å². The lowest BCUT2D eigenvalue weighted by atomic mass is 10.1. The van der Waals surface area contributed by atoms with Crippen LogP contribution in [-0.4, -0.2) is 30.0 Å². The average molecular weight is 319 g/mol. The molecule has 0 bridgehead atoms. The van der Waals surface area contributed by atoms with E-state index in [1.807, 2.05) is 0 Å². The SMILES string of the molecule is O=C(O)c1cc(NCC(F)(F)C(F)F)ccc1C(F)(F)F. The fourth-order valence-electron chi connectivity index (χ4n) is 1.38. The van der Waals surface area contributed by atoms with Gasteiger partial charge >= 0.3 is 24.5 Å². The summed E-state index contributed by atoms with van der Waals surface area (Å²) in [4.78, 5) is 10.7. The molecule has 0 heterocycles. The van der Waals surface area contributed by atoms with E-state index in [0.717, 1.165) is 0 Å². The molecule has 2 N–H and O–H groups in total. The minimum absolute atomic E-state index is 0.367. The molecule has 0 saturated carbocycles. The Morgan fingerprint density at radius 3 is 2.19 bits per heavy atom. The first-order valence-corrected chi connectivity index (χ1v) is 5.29. The number of carboxylic acids is 1. The zero-order chi connectivity index (χ0) is 16.4. The van der Waals surface area contributed by atoms with Crippen molar-refractivity contribution in [2.24, 2.45) is 0 Å². The van der Waals surface area contributed by atoms with Crippen molar-refractivity contribution in [3.8, 4) is 0 Å². The first kappa shape index (κ1) is 17.1. The third-order valence-electron chi connectivity index (χ3n) is 2.40. The summed E-state index contributed by atoms with van der Waals surface area (Å²) in [6, 6.07) is 1.50. The summed E-state index contributed by atoms with van der Waals surface area (Å²) in [6.45, 7) is -1.55. The average Bonchev–Trinajstić information content (AvgIpc) is 2.34. The van der Waals surface area contributed by atoms with Crippen LogP contribution in [0.1, 0.15) is 15.9 Å². The lowest BCUT2D eigenvalue weighted by molar-refractivity contribution is -0.138. The van der Waals surface area contributed by atoms with E-state index >= 15 is 0 Å². The van der Waals surface area contributed by atoms with E-state index in [-0.39, 0.29) is 0 Å². The molecule has 0 aliphatic carbocycles. The van der Waals surface area contributed by atoms with Crippen molar-refractivity contribution < 1.29 is 40.6 Å². The zero-order valence-corrected chi connectivity index (χ0v) is 10.0. The molecule has 1 rings (SSSR count). The fraction of sp³-hybridized carbons (Fsp3) is 0.364. The second-order valence-electron chi connectivity index (χ2n) is 3.98. The number of aromatic carboxylic acids is 1. The summed E-state index contributed by atoms with van der Waals surface area (Å²) >= 11 is 0. The van der Waals surface area contributed by atoms with Crippen LogP contribution in [0.15, 0.2) is 18.2 Å². The van der Waals surface area contributed by atoms with Gasteiger partial charge in [0.1, 0.15) is 0 Å². The Hall–Kier alpha value is -2.00. The molecule has 21 heavy (non-hydrogen) atoms. The third-order valence-corrected chi connectivity index (χ3v) is 2.40. The first-order valence-electron chi connectivity index (χ1n) is 5.29. The first-order chi connectivity index (χ1) is 9.45. The molecule has 0 radical (unpaired) electrons. The lowest BCUT2D eigenvalue weighted by Gasteiger charge is -2.17. The molecule has 0 unspecified atom stereocenters. The summed E-state index contributed by atoms with van der Waals surface area (Å²) in [6.07, 6.45) is -8.91. The number of nitrogens with one attached hydrogen (secondary N) is 1. The van der Waals surface area contributed by atoms with Crippen molar-refractivity contribution in [3.05, 3.63) is 29.3 Å². The van der Waals surface area contributed by atoms with Crippen LogP contribution in [0.3, 0.4) is 0 Å². The number of anilines is 1. The molecular weight excluding hydrogens is 311 g/mol. The molecule has 1 aromatic rings. The lowest BCUT2D eigenvalue weighted by Crippen LogP contribution is -2.34. The van der Waals surface area contributed by atoms with Gasteiger partial charge in [-0.2, -0.15) is 22.0 Å². The largest absolute Gasteiger partial charge is 0.478 e. The van der Waals surface area contributed by atoms with E-state index in [1.54, 1.807) is 5.32 Å². The summed E-state index contributed by atoms with van der Waals surface area (Å²) in [5.41, 5.74) is -3.09. The van der Waals surface area contributed by atoms with Crippen molar-refractivity contribution >= 4 is 11.7 Å². The Morgan fingerprint density at radius 1 is 1.19 bits per heavy atom. The molecule has 118 valence electrons. The number of carboxylic acid groups (broad SMARTS) is 1. The Balaban J connectivity index is 3.03. The highest BCUT2D eigenvalue weighted by atomic mass is 19.4. The molecule has 0 spiro atoms. The minimum atomic E-state index is -4.95. The van der Waals surface area contributed by atoms with E-state index in [0.29, 0.717) is 18.2 Å². The highest BCUT2D eigenvalue weighted by Gasteiger charge is 2.40. The summed E-state index contributed by atoms with van der Waals surface area (Å²) < 4.78 is 86.7. The van der Waals surface area contributed by atoms with E-state index < -0.39 is 47.9 Å². The number of carbonyl (C=O) groups is 1. The number of benzene rings is 1. The molecule has 0 aliphatic rings. The maximum Gasteiger partial charge on any atom is 0.417 e. The zero-order valence-electron chi connectivity index (χ0n) is 10.0. The van der Waals surface area contributed by atoms with Crippen LogP contribution in [-0.2, 0) is 6.18 Å². The van der Waals surface area contributed by atoms with Crippen LogP contribution >= 0.6 is 0 Å². The van der Waals surface area contributed by atoms with Crippen molar-refractivity contribution in [1.82, 2.24) is 0 Å². The standard InChI is InChI=1S/C11H8F7NO2/c12-9(13)10(14,15)4-19-5-1-2-7(11(16,17)18)6(3-5)8(20)21/h1-3,9,19H,4H2,(H,20,21). The molecular formula is C11H8F7NO2. The van der Waals surface area contributed by atoms with Gasteiger partial charge in [-0.25, -0.2) is 13.6 Å². The van der Waals surface area contributed by atoms with Gasteiger partial charge in [-0.05, 0) is 18.2 Å². The van der Waals surface area contributed by atoms with Gasteiger partial charge in [0.25, 0.3) is 0 Å². The molecule has 0 amide bonds. The highest BCUT2D eigenvalue weighted by molar-refractivity contribution is 5.91. The van der Waals surface area contributed by atoms with E-state index in [9.17, 15) is 35.5 Å². The van der Waals surface area contributed by atoms with Crippen LogP contribution in [0.5, 0.6) is 0 Å². The summed E-state index contributed by atoms with van der Waals surface area (Å²) in [5, 5.41) is 10.5. The number of hydrogen-bond acceptors (Lipinski definition) is 2. The summed E-state index contributed by atoms with van der Waals surface area (Å²) in [5.74, 6) is -6.32. The molecule has 0 saturated heterocycles. The van der Waals surface area contributed by atoms with Crippen molar-refractivity contribution in [3.63, 3.8) is 0 Å². The van der Waals surface area contributed by atoms with Gasteiger partial charge in [0.2, 0.25) is 0 Å². The van der Waals surface area contributed by atoms with Gasteiger partial charge in [-0.15, -0.1) is 0 Å². The maximum atomic E-state index is 12.7. The van der Waals surface area contributed by atoms with Crippen LogP contribution in [0.2, 0.25) is 0 Å². The molecule has 10 heteroatoms. The summed E-state index contributed by atoms with van der Waals surface area (Å²) in [7, 11) is 0. The van der Waals surface area contributed by atoms with E-state index in [1.165, 1.54) is 0 Å². The van der Waals surface area contributed by atoms with Gasteiger partial charge in [0, 0.05) is 5.69 Å². The minimum Gasteiger partial charge on any atom is -0.478 e. The Morgan fingerprint density at radius 2 is 1.76 bits per heavy atom. The van der Waals surface area contributed by atoms with Gasteiger partial charge < -0.3 is 10.4 Å². The molecule has 0 fully saturated rings. The number of hydrogen-bond donors (Lipinski definition) is 2. The van der Waals surface area contributed by atoms with Gasteiger partial charge in [-0.1, -0.05) is 0 Å². The Labute approximate surface area is 113 Å². The van der Waals surface area contributed by atoms with Crippen LogP contribution in [0.4, 0.5) is 36.4 Å². The van der Waals surface area contributed by atoms with Gasteiger partial charge in [0.05, 0.1) is 17.7 Å². The van der Waals surface area contributed by atoms with Crippen molar-refractivity contribution in [2.75, 3.05) is 11.9 Å². The third kappa shape index (κ3) is 4.23. The van der Waals surface area contributed by atoms with Gasteiger partial charge in [-0.3, -0.25) is 0 Å². The molecule has 1 aromatic carbocycles. The fourth-order valence-corrected chi connectivity index (χ4v) is 1.38. The highest BCUT2D eigenvalue weighted by Crippen LogP contribution is 2.33. The van der Waals surface area contributed by atoms with Crippen LogP contribution in [0.25, 0.3) is 0 Å².